The molecule has 0 radical (unpaired) electrons. The molecule has 2 rings (SSSR count). The van der Waals surface area contributed by atoms with Crippen LogP contribution in [-0.2, 0) is 4.79 Å². The fourth-order valence-corrected chi connectivity index (χ4v) is 2.00. The molecule has 0 saturated carbocycles. The minimum atomic E-state index is -0.104. The lowest BCUT2D eigenvalue weighted by molar-refractivity contribution is -0.117. The lowest BCUT2D eigenvalue weighted by Crippen LogP contribution is -2.28. The largest absolute Gasteiger partial charge is 0.495 e. The smallest absolute Gasteiger partial charge is 0.228 e. The zero-order chi connectivity index (χ0) is 11.7. The summed E-state index contributed by atoms with van der Waals surface area (Å²) in [7, 11) is 1.55. The van der Waals surface area contributed by atoms with Gasteiger partial charge in [0.25, 0.3) is 0 Å². The molecular weight excluding hydrogens is 228 g/mol. The Balaban J connectivity index is 2.36. The van der Waals surface area contributed by atoms with Crippen molar-refractivity contribution in [2.45, 2.75) is 12.5 Å². The molecule has 1 heterocycles. The van der Waals surface area contributed by atoms with E-state index in [9.17, 15) is 4.79 Å². The molecule has 1 unspecified atom stereocenters. The molecule has 0 aliphatic carbocycles. The van der Waals surface area contributed by atoms with E-state index in [1.54, 1.807) is 30.2 Å². The Morgan fingerprint density at radius 3 is 2.88 bits per heavy atom. The van der Waals surface area contributed by atoms with Crippen LogP contribution in [0.15, 0.2) is 18.2 Å². The van der Waals surface area contributed by atoms with E-state index in [1.165, 1.54) is 0 Å². The zero-order valence-corrected chi connectivity index (χ0v) is 9.70. The third-order valence-electron chi connectivity index (χ3n) is 2.59. The number of amides is 1. The Morgan fingerprint density at radius 2 is 2.31 bits per heavy atom. The molecule has 2 N–H and O–H groups in total. The highest BCUT2D eigenvalue weighted by Crippen LogP contribution is 2.33. The van der Waals surface area contributed by atoms with Gasteiger partial charge in [0.1, 0.15) is 5.75 Å². The number of carbonyl (C=O) groups is 1. The van der Waals surface area contributed by atoms with Crippen molar-refractivity contribution < 1.29 is 9.53 Å². The van der Waals surface area contributed by atoms with Gasteiger partial charge in [-0.05, 0) is 12.1 Å². The van der Waals surface area contributed by atoms with Crippen LogP contribution in [0.25, 0.3) is 0 Å². The van der Waals surface area contributed by atoms with E-state index in [0.717, 1.165) is 5.69 Å². The van der Waals surface area contributed by atoms with E-state index in [-0.39, 0.29) is 11.9 Å². The maximum atomic E-state index is 11.7. The SMILES string of the molecule is COc1cc(Cl)ccc1N1CC(N)CC1=O. The molecule has 1 aromatic carbocycles. The molecule has 0 bridgehead atoms. The number of anilines is 1. The second kappa shape index (κ2) is 4.31. The Morgan fingerprint density at radius 1 is 1.56 bits per heavy atom. The van der Waals surface area contributed by atoms with Crippen LogP contribution < -0.4 is 15.4 Å². The number of rotatable bonds is 2. The van der Waals surface area contributed by atoms with Crippen molar-refractivity contribution in [3.63, 3.8) is 0 Å². The zero-order valence-electron chi connectivity index (χ0n) is 8.94. The van der Waals surface area contributed by atoms with Crippen LogP contribution >= 0.6 is 11.6 Å². The van der Waals surface area contributed by atoms with E-state index in [1.807, 2.05) is 0 Å². The number of halogens is 1. The molecule has 1 aliphatic heterocycles. The normalized spacial score (nSPS) is 20.3. The molecule has 1 atom stereocenters. The third kappa shape index (κ3) is 1.99. The first-order valence-corrected chi connectivity index (χ1v) is 5.39. The molecule has 16 heavy (non-hydrogen) atoms. The Kier molecular flexibility index (Phi) is 3.03. The summed E-state index contributed by atoms with van der Waals surface area (Å²) in [5.41, 5.74) is 6.47. The highest BCUT2D eigenvalue weighted by Gasteiger charge is 2.29. The van der Waals surface area contributed by atoms with Crippen LogP contribution in [-0.4, -0.2) is 25.6 Å². The lowest BCUT2D eigenvalue weighted by Gasteiger charge is -2.19. The predicted molar refractivity (Wildman–Crippen MR) is 62.9 cm³/mol. The number of ether oxygens (including phenoxy) is 1. The number of hydrogen-bond donors (Lipinski definition) is 1. The van der Waals surface area contributed by atoms with Crippen LogP contribution in [0.4, 0.5) is 5.69 Å². The van der Waals surface area contributed by atoms with E-state index in [4.69, 9.17) is 22.1 Å². The number of benzene rings is 1. The van der Waals surface area contributed by atoms with E-state index < -0.39 is 0 Å². The van der Waals surface area contributed by atoms with Gasteiger partial charge in [0, 0.05) is 30.1 Å². The molecule has 0 aromatic heterocycles. The lowest BCUT2D eigenvalue weighted by atomic mass is 10.2. The monoisotopic (exact) mass is 240 g/mol. The average molecular weight is 241 g/mol. The second-order valence-electron chi connectivity index (χ2n) is 3.78. The quantitative estimate of drug-likeness (QED) is 0.851. The molecule has 1 amide bonds. The number of nitrogens with zero attached hydrogens (tertiary/aromatic N) is 1. The van der Waals surface area contributed by atoms with Crippen LogP contribution in [0.5, 0.6) is 5.75 Å². The van der Waals surface area contributed by atoms with Crippen molar-refractivity contribution in [2.24, 2.45) is 5.73 Å². The van der Waals surface area contributed by atoms with Crippen molar-refractivity contribution in [1.29, 1.82) is 0 Å². The van der Waals surface area contributed by atoms with Gasteiger partial charge in [-0.3, -0.25) is 4.79 Å². The molecule has 1 aliphatic rings. The number of carbonyl (C=O) groups excluding carboxylic acids is 1. The van der Waals surface area contributed by atoms with E-state index in [0.29, 0.717) is 23.7 Å². The fraction of sp³-hybridized carbons (Fsp3) is 0.364. The Labute approximate surface area is 98.9 Å². The number of hydrogen-bond acceptors (Lipinski definition) is 3. The standard InChI is InChI=1S/C11H13ClN2O2/c1-16-10-4-7(12)2-3-9(10)14-6-8(13)5-11(14)15/h2-4,8H,5-6,13H2,1H3. The molecule has 1 aromatic rings. The first kappa shape index (κ1) is 11.2. The maximum Gasteiger partial charge on any atom is 0.228 e. The Hall–Kier alpha value is -1.26. The minimum Gasteiger partial charge on any atom is -0.495 e. The minimum absolute atomic E-state index is 0.0214. The van der Waals surface area contributed by atoms with Crippen molar-refractivity contribution >= 4 is 23.2 Å². The highest BCUT2D eigenvalue weighted by molar-refractivity contribution is 6.30. The van der Waals surface area contributed by atoms with Gasteiger partial charge in [-0.2, -0.15) is 0 Å². The summed E-state index contributed by atoms with van der Waals surface area (Å²) in [6.45, 7) is 0.525. The molecular formula is C11H13ClN2O2. The summed E-state index contributed by atoms with van der Waals surface area (Å²) in [5, 5.41) is 0.580. The van der Waals surface area contributed by atoms with Crippen LogP contribution in [0, 0.1) is 0 Å². The van der Waals surface area contributed by atoms with E-state index in [2.05, 4.69) is 0 Å². The first-order valence-electron chi connectivity index (χ1n) is 5.01. The van der Waals surface area contributed by atoms with Gasteiger partial charge in [0.05, 0.1) is 12.8 Å². The summed E-state index contributed by atoms with van der Waals surface area (Å²) in [6, 6.07) is 5.09. The fourth-order valence-electron chi connectivity index (χ4n) is 1.84. The predicted octanol–water partition coefficient (Wildman–Crippen LogP) is 1.41. The van der Waals surface area contributed by atoms with Crippen LogP contribution in [0.3, 0.4) is 0 Å². The summed E-state index contributed by atoms with van der Waals surface area (Å²) in [4.78, 5) is 13.3. The molecule has 4 nitrogen and oxygen atoms in total. The first-order chi connectivity index (χ1) is 7.61. The van der Waals surface area contributed by atoms with Crippen molar-refractivity contribution in [3.05, 3.63) is 23.2 Å². The van der Waals surface area contributed by atoms with Gasteiger partial charge in [-0.15, -0.1) is 0 Å². The van der Waals surface area contributed by atoms with Gasteiger partial charge in [0.15, 0.2) is 0 Å². The molecule has 0 spiro atoms. The summed E-state index contributed by atoms with van der Waals surface area (Å²) < 4.78 is 5.20. The molecule has 86 valence electrons. The van der Waals surface area contributed by atoms with Crippen molar-refractivity contribution in [3.8, 4) is 5.75 Å². The number of methoxy groups -OCH3 is 1. The van der Waals surface area contributed by atoms with Crippen molar-refractivity contribution in [2.75, 3.05) is 18.6 Å². The molecule has 1 saturated heterocycles. The van der Waals surface area contributed by atoms with Crippen LogP contribution in [0.2, 0.25) is 5.02 Å². The topological polar surface area (TPSA) is 55.6 Å². The summed E-state index contributed by atoms with van der Waals surface area (Å²) >= 11 is 5.86. The molecule has 1 fully saturated rings. The van der Waals surface area contributed by atoms with Gasteiger partial charge in [-0.1, -0.05) is 11.6 Å². The average Bonchev–Trinajstić information content (AvgIpc) is 2.57. The second-order valence-corrected chi connectivity index (χ2v) is 4.22. The number of nitrogens with two attached hydrogens (primary N) is 1. The Bertz CT molecular complexity index is 422. The van der Waals surface area contributed by atoms with E-state index >= 15 is 0 Å². The van der Waals surface area contributed by atoms with Gasteiger partial charge < -0.3 is 15.4 Å². The summed E-state index contributed by atoms with van der Waals surface area (Å²) in [5.74, 6) is 0.614. The van der Waals surface area contributed by atoms with Crippen molar-refractivity contribution in [1.82, 2.24) is 0 Å². The summed E-state index contributed by atoms with van der Waals surface area (Å²) in [6.07, 6.45) is 0.381. The van der Waals surface area contributed by atoms with Gasteiger partial charge in [-0.25, -0.2) is 0 Å². The molecule has 5 heteroatoms. The third-order valence-corrected chi connectivity index (χ3v) is 2.82. The van der Waals surface area contributed by atoms with Gasteiger partial charge in [0.2, 0.25) is 5.91 Å². The highest BCUT2D eigenvalue weighted by atomic mass is 35.5. The van der Waals surface area contributed by atoms with Gasteiger partial charge >= 0.3 is 0 Å². The maximum absolute atomic E-state index is 11.7. The van der Waals surface area contributed by atoms with Crippen LogP contribution in [0.1, 0.15) is 6.42 Å².